The van der Waals surface area contributed by atoms with Gasteiger partial charge in [-0.25, -0.2) is 4.98 Å². The molecule has 8 heteroatoms. The molecular weight excluding hydrogens is 487 g/mol. The molecule has 0 amide bonds. The van der Waals surface area contributed by atoms with Gasteiger partial charge in [-0.15, -0.1) is 24.0 Å². The van der Waals surface area contributed by atoms with E-state index in [0.717, 1.165) is 55.5 Å². The van der Waals surface area contributed by atoms with E-state index < -0.39 is 10.8 Å². The fourth-order valence-electron chi connectivity index (χ4n) is 3.45. The van der Waals surface area contributed by atoms with Gasteiger partial charge in [-0.3, -0.25) is 9.20 Å². The Morgan fingerprint density at radius 1 is 1.36 bits per heavy atom. The van der Waals surface area contributed by atoms with Gasteiger partial charge in [0.2, 0.25) is 5.88 Å². The summed E-state index contributed by atoms with van der Waals surface area (Å²) in [5.41, 5.74) is 1.12. The van der Waals surface area contributed by atoms with Crippen molar-refractivity contribution in [1.29, 1.82) is 0 Å². The van der Waals surface area contributed by atoms with Crippen molar-refractivity contribution in [2.75, 3.05) is 19.4 Å². The number of hydrogen-bond donors (Lipinski definition) is 2. The van der Waals surface area contributed by atoms with E-state index in [9.17, 15) is 4.21 Å². The van der Waals surface area contributed by atoms with E-state index in [2.05, 4.69) is 20.6 Å². The average molecular weight is 520 g/mol. The molecule has 2 aliphatic rings. The molecule has 0 aliphatic heterocycles. The van der Waals surface area contributed by atoms with Gasteiger partial charge in [-0.2, -0.15) is 0 Å². The van der Waals surface area contributed by atoms with Crippen molar-refractivity contribution < 1.29 is 8.95 Å². The Kier molecular flexibility index (Phi) is 9.98. The van der Waals surface area contributed by atoms with E-state index in [-0.39, 0.29) is 24.0 Å². The molecule has 158 valence electrons. The zero-order valence-electron chi connectivity index (χ0n) is 16.9. The normalized spacial score (nSPS) is 23.4. The predicted octanol–water partition coefficient (Wildman–Crippen LogP) is 3.23. The van der Waals surface area contributed by atoms with Gasteiger partial charge in [0.1, 0.15) is 0 Å². The second-order valence-corrected chi connectivity index (χ2v) is 9.49. The highest BCUT2D eigenvalue weighted by molar-refractivity contribution is 14.0. The lowest BCUT2D eigenvalue weighted by Crippen LogP contribution is -2.46. The number of hydrogen-bond acceptors (Lipinski definition) is 4. The summed E-state index contributed by atoms with van der Waals surface area (Å²) >= 11 is 0. The fourth-order valence-corrected chi connectivity index (χ4v) is 4.80. The molecule has 0 spiro atoms. The lowest BCUT2D eigenvalue weighted by atomic mass is 9.95. The molecule has 1 aromatic rings. The minimum atomic E-state index is -0.709. The van der Waals surface area contributed by atoms with Crippen LogP contribution in [-0.2, 0) is 17.3 Å². The van der Waals surface area contributed by atoms with E-state index in [1.54, 1.807) is 13.2 Å². The van der Waals surface area contributed by atoms with Gasteiger partial charge < -0.3 is 15.4 Å². The minimum Gasteiger partial charge on any atom is -0.477 e. The number of aromatic nitrogens is 1. The fraction of sp³-hybridized carbons (Fsp3) is 0.700. The van der Waals surface area contributed by atoms with E-state index in [0.29, 0.717) is 23.7 Å². The van der Waals surface area contributed by atoms with Crippen molar-refractivity contribution in [2.24, 2.45) is 10.9 Å². The van der Waals surface area contributed by atoms with Crippen molar-refractivity contribution in [3.8, 4) is 5.88 Å². The van der Waals surface area contributed by atoms with Crippen LogP contribution in [0.3, 0.4) is 0 Å². The Morgan fingerprint density at radius 3 is 2.89 bits per heavy atom. The van der Waals surface area contributed by atoms with Crippen LogP contribution in [0, 0.1) is 5.92 Å². The number of halogens is 1. The number of nitrogens with zero attached hydrogens (tertiary/aromatic N) is 2. The number of guanidine groups is 1. The topological polar surface area (TPSA) is 75.6 Å². The maximum atomic E-state index is 12.1. The quantitative estimate of drug-likeness (QED) is 0.313. The van der Waals surface area contributed by atoms with Crippen LogP contribution >= 0.6 is 24.0 Å². The van der Waals surface area contributed by atoms with Gasteiger partial charge in [-0.1, -0.05) is 13.3 Å². The first-order valence-electron chi connectivity index (χ1n) is 10.1. The number of nitrogens with one attached hydrogen (secondary N) is 2. The molecule has 3 atom stereocenters. The van der Waals surface area contributed by atoms with Crippen LogP contribution in [0.2, 0.25) is 0 Å². The first-order chi connectivity index (χ1) is 13.2. The molecule has 6 nitrogen and oxygen atoms in total. The number of aliphatic imine (C=N–C) groups is 1. The second-order valence-electron chi connectivity index (χ2n) is 7.48. The SMILES string of the molecule is CCS(=O)C1CCCC(NC(=NC)NCc2ccnc(OCC3CC3)c2)C1.I. The third-order valence-corrected chi connectivity index (χ3v) is 7.01. The van der Waals surface area contributed by atoms with Crippen LogP contribution < -0.4 is 15.4 Å². The smallest absolute Gasteiger partial charge is 0.213 e. The average Bonchev–Trinajstić information content (AvgIpc) is 3.54. The standard InChI is InChI=1S/C20H32N4O2S.HI/c1-3-27(25)18-6-4-5-17(12-18)24-20(21-2)23-13-16-9-10-22-19(11-16)26-14-15-7-8-15;/h9-11,15,17-18H,3-8,12-14H2,1-2H3,(H2,21,23,24);1H. The summed E-state index contributed by atoms with van der Waals surface area (Å²) < 4.78 is 17.9. The van der Waals surface area contributed by atoms with Crippen molar-refractivity contribution >= 4 is 40.7 Å². The highest BCUT2D eigenvalue weighted by Gasteiger charge is 2.26. The van der Waals surface area contributed by atoms with E-state index in [1.807, 2.05) is 19.1 Å². The Hall–Kier alpha value is -0.900. The lowest BCUT2D eigenvalue weighted by molar-refractivity contribution is 0.288. The molecule has 2 aliphatic carbocycles. The zero-order chi connectivity index (χ0) is 19.1. The molecule has 28 heavy (non-hydrogen) atoms. The maximum Gasteiger partial charge on any atom is 0.213 e. The van der Waals surface area contributed by atoms with Crippen LogP contribution in [0.5, 0.6) is 5.88 Å². The number of ether oxygens (including phenoxy) is 1. The lowest BCUT2D eigenvalue weighted by Gasteiger charge is -2.30. The molecule has 1 aromatic heterocycles. The van der Waals surface area contributed by atoms with E-state index in [1.165, 1.54) is 12.8 Å². The van der Waals surface area contributed by atoms with E-state index >= 15 is 0 Å². The highest BCUT2D eigenvalue weighted by atomic mass is 127. The van der Waals surface area contributed by atoms with Crippen LogP contribution in [0.15, 0.2) is 23.3 Å². The maximum absolute atomic E-state index is 12.1. The highest BCUT2D eigenvalue weighted by Crippen LogP contribution is 2.29. The van der Waals surface area contributed by atoms with Gasteiger partial charge in [0.25, 0.3) is 0 Å². The first-order valence-corrected chi connectivity index (χ1v) is 11.5. The summed E-state index contributed by atoms with van der Waals surface area (Å²) in [6, 6.07) is 4.31. The third kappa shape index (κ3) is 7.50. The van der Waals surface area contributed by atoms with E-state index in [4.69, 9.17) is 4.74 Å². The summed E-state index contributed by atoms with van der Waals surface area (Å²) in [7, 11) is 1.08. The Bertz CT molecular complexity index is 669. The van der Waals surface area contributed by atoms with Gasteiger partial charge in [0, 0.05) is 53.7 Å². The molecule has 2 N–H and O–H groups in total. The Morgan fingerprint density at radius 2 is 2.18 bits per heavy atom. The molecule has 2 saturated carbocycles. The van der Waals surface area contributed by atoms with Gasteiger partial charge in [0.15, 0.2) is 5.96 Å². The Labute approximate surface area is 188 Å². The summed E-state index contributed by atoms with van der Waals surface area (Å²) in [5, 5.41) is 7.19. The first kappa shape index (κ1) is 23.4. The zero-order valence-corrected chi connectivity index (χ0v) is 20.0. The summed E-state index contributed by atoms with van der Waals surface area (Å²) in [4.78, 5) is 8.64. The minimum absolute atomic E-state index is 0. The predicted molar refractivity (Wildman–Crippen MR) is 126 cm³/mol. The molecule has 2 fully saturated rings. The molecule has 0 bridgehead atoms. The van der Waals surface area contributed by atoms with Crippen LogP contribution in [0.4, 0.5) is 0 Å². The third-order valence-electron chi connectivity index (χ3n) is 5.27. The van der Waals surface area contributed by atoms with Crippen LogP contribution in [-0.4, -0.2) is 45.9 Å². The van der Waals surface area contributed by atoms with Crippen molar-refractivity contribution in [2.45, 2.75) is 63.3 Å². The van der Waals surface area contributed by atoms with Crippen molar-refractivity contribution in [1.82, 2.24) is 15.6 Å². The molecule has 0 radical (unpaired) electrons. The molecule has 0 saturated heterocycles. The molecule has 1 heterocycles. The summed E-state index contributed by atoms with van der Waals surface area (Å²) in [6.07, 6.45) is 8.60. The molecule has 3 rings (SSSR count). The van der Waals surface area contributed by atoms with Crippen molar-refractivity contribution in [3.05, 3.63) is 23.9 Å². The van der Waals surface area contributed by atoms with Crippen LogP contribution in [0.25, 0.3) is 0 Å². The van der Waals surface area contributed by atoms with Gasteiger partial charge in [0.05, 0.1) is 6.61 Å². The summed E-state index contributed by atoms with van der Waals surface area (Å²) in [6.45, 7) is 3.44. The Balaban J connectivity index is 0.00000280. The number of pyridine rings is 1. The van der Waals surface area contributed by atoms with Crippen molar-refractivity contribution in [3.63, 3.8) is 0 Å². The number of rotatable bonds is 8. The van der Waals surface area contributed by atoms with Gasteiger partial charge >= 0.3 is 0 Å². The summed E-state index contributed by atoms with van der Waals surface area (Å²) in [5.74, 6) is 2.96. The second kappa shape index (κ2) is 11.9. The monoisotopic (exact) mass is 520 g/mol. The molecule has 3 unspecified atom stereocenters. The van der Waals surface area contributed by atoms with Crippen LogP contribution in [0.1, 0.15) is 51.0 Å². The largest absolute Gasteiger partial charge is 0.477 e. The molecule has 0 aromatic carbocycles. The van der Waals surface area contributed by atoms with Gasteiger partial charge in [-0.05, 0) is 49.7 Å². The molecular formula is C20H33IN4O2S.